The predicted molar refractivity (Wildman–Crippen MR) is 198 cm³/mol. The lowest BCUT2D eigenvalue weighted by molar-refractivity contribution is -0.317. The molecule has 4 rings (SSSR count). The fraction of sp³-hybridized carbons (Fsp3) is 0.900. The molecule has 14 nitrogen and oxygen atoms in total. The molecule has 4 aliphatic heterocycles. The monoisotopic (exact) mass is 771 g/mol. The highest BCUT2D eigenvalue weighted by Crippen LogP contribution is 2.47. The van der Waals surface area contributed by atoms with Crippen molar-refractivity contribution in [1.82, 2.24) is 4.90 Å². The van der Waals surface area contributed by atoms with Gasteiger partial charge in [0.1, 0.15) is 40.9 Å². The Morgan fingerprint density at radius 2 is 1.63 bits per heavy atom. The van der Waals surface area contributed by atoms with Crippen LogP contribution in [0.5, 0.6) is 0 Å². The first kappa shape index (κ1) is 44.8. The van der Waals surface area contributed by atoms with Crippen LogP contribution in [0.2, 0.25) is 0 Å². The molecule has 0 radical (unpaired) electrons. The van der Waals surface area contributed by atoms with E-state index in [9.17, 15) is 24.9 Å². The number of cyclic esters (lactones) is 1. The number of aliphatic hydroxyl groups is 3. The minimum atomic E-state index is -1.84. The van der Waals surface area contributed by atoms with Gasteiger partial charge in [-0.15, -0.1) is 0 Å². The molecule has 0 saturated carbocycles. The zero-order valence-electron chi connectivity index (χ0n) is 35.0. The first-order valence-corrected chi connectivity index (χ1v) is 19.8. The third kappa shape index (κ3) is 8.97. The Hall–Kier alpha value is -1.88. The van der Waals surface area contributed by atoms with Gasteiger partial charge >= 0.3 is 11.9 Å². The highest BCUT2D eigenvalue weighted by atomic mass is 16.7. The Bertz CT molecular complexity index is 1340. The van der Waals surface area contributed by atoms with Gasteiger partial charge in [0.25, 0.3) is 0 Å². The number of ether oxygens (including phenoxy) is 8. The van der Waals surface area contributed by atoms with Gasteiger partial charge in [0.2, 0.25) is 0 Å². The average Bonchev–Trinajstić information content (AvgIpc) is 3.43. The van der Waals surface area contributed by atoms with E-state index in [1.807, 2.05) is 53.6 Å². The molecule has 0 amide bonds. The van der Waals surface area contributed by atoms with Crippen molar-refractivity contribution in [2.45, 2.75) is 193 Å². The molecule has 54 heavy (non-hydrogen) atoms. The number of nitrogens with zero attached hydrogens (tertiary/aromatic N) is 1. The van der Waals surface area contributed by atoms with Gasteiger partial charge in [-0.3, -0.25) is 9.59 Å². The zero-order chi connectivity index (χ0) is 40.7. The summed E-state index contributed by atoms with van der Waals surface area (Å²) in [6.07, 6.45) is -7.24. The SMILES string of the molecule is CCC(=O)O[C@H]1[C@H](C)O[C@@H](O[C@H]2[C@H](C)[C@@H](O[C@@H]3O[C@H](C)C[C@H](N(C)C)[C@H]3O)[C@@]3(C)CC(C)=C(O3)[C@H](C)[C@@H](O)[C@](C)(O)[C@@H](CC)OC(=O)[C@@H]2C)C[C@@]1(C)OC. The topological polar surface area (TPSA) is 172 Å². The lowest BCUT2D eigenvalue weighted by Crippen LogP contribution is -2.60. The van der Waals surface area contributed by atoms with E-state index < -0.39 is 95.8 Å². The van der Waals surface area contributed by atoms with Crippen molar-refractivity contribution in [2.24, 2.45) is 17.8 Å². The summed E-state index contributed by atoms with van der Waals surface area (Å²) in [4.78, 5) is 28.6. The Morgan fingerprint density at radius 1 is 0.981 bits per heavy atom. The normalized spacial score (nSPS) is 46.6. The minimum absolute atomic E-state index is 0.160. The number of carbonyl (C=O) groups excluding carboxylic acids is 2. The van der Waals surface area contributed by atoms with E-state index in [0.717, 1.165) is 5.57 Å². The molecule has 17 atom stereocenters. The van der Waals surface area contributed by atoms with Crippen LogP contribution in [0.25, 0.3) is 0 Å². The van der Waals surface area contributed by atoms with Crippen molar-refractivity contribution >= 4 is 11.9 Å². The smallest absolute Gasteiger partial charge is 0.311 e. The van der Waals surface area contributed by atoms with Crippen molar-refractivity contribution in [2.75, 3.05) is 21.2 Å². The maximum absolute atomic E-state index is 14.2. The maximum atomic E-state index is 14.2. The molecule has 0 aromatic carbocycles. The zero-order valence-corrected chi connectivity index (χ0v) is 35.0. The molecule has 4 heterocycles. The molecule has 4 aliphatic rings. The number of esters is 2. The van der Waals surface area contributed by atoms with Gasteiger partial charge in [0.05, 0.1) is 30.3 Å². The van der Waals surface area contributed by atoms with Gasteiger partial charge in [-0.05, 0) is 81.0 Å². The molecule has 0 unspecified atom stereocenters. The fourth-order valence-electron chi connectivity index (χ4n) is 9.16. The highest BCUT2D eigenvalue weighted by molar-refractivity contribution is 5.73. The number of carbonyl (C=O) groups is 2. The molecule has 3 saturated heterocycles. The molecule has 0 spiro atoms. The minimum Gasteiger partial charge on any atom is -0.489 e. The van der Waals surface area contributed by atoms with Gasteiger partial charge in [-0.25, -0.2) is 0 Å². The summed E-state index contributed by atoms with van der Waals surface area (Å²) in [5.41, 5.74) is -3.06. The third-order valence-corrected chi connectivity index (χ3v) is 12.5. The van der Waals surface area contributed by atoms with E-state index in [1.54, 1.807) is 41.7 Å². The van der Waals surface area contributed by atoms with Crippen LogP contribution in [-0.4, -0.2) is 138 Å². The molecule has 3 N–H and O–H groups in total. The van der Waals surface area contributed by atoms with Crippen LogP contribution in [0.1, 0.15) is 108 Å². The van der Waals surface area contributed by atoms with Crippen LogP contribution >= 0.6 is 0 Å². The van der Waals surface area contributed by atoms with Gasteiger partial charge in [-0.1, -0.05) is 27.7 Å². The first-order chi connectivity index (χ1) is 25.0. The van der Waals surface area contributed by atoms with E-state index in [0.29, 0.717) is 18.6 Å². The Kier molecular flexibility index (Phi) is 14.4. The summed E-state index contributed by atoms with van der Waals surface area (Å²) in [5.74, 6) is -2.80. The summed E-state index contributed by atoms with van der Waals surface area (Å²) in [7, 11) is 5.35. The van der Waals surface area contributed by atoms with Crippen molar-refractivity contribution in [3.05, 3.63) is 11.3 Å². The lowest BCUT2D eigenvalue weighted by Gasteiger charge is -2.49. The Balaban J connectivity index is 1.83. The summed E-state index contributed by atoms with van der Waals surface area (Å²) in [5, 5.41) is 35.1. The van der Waals surface area contributed by atoms with Gasteiger partial charge in [0, 0.05) is 44.2 Å². The third-order valence-electron chi connectivity index (χ3n) is 12.5. The van der Waals surface area contributed by atoms with E-state index in [2.05, 4.69) is 0 Å². The number of rotatable bonds is 9. The second kappa shape index (κ2) is 17.3. The van der Waals surface area contributed by atoms with Crippen LogP contribution in [0.3, 0.4) is 0 Å². The van der Waals surface area contributed by atoms with Gasteiger partial charge < -0.3 is 58.1 Å². The van der Waals surface area contributed by atoms with Crippen LogP contribution < -0.4 is 0 Å². The first-order valence-electron chi connectivity index (χ1n) is 19.8. The second-order valence-electron chi connectivity index (χ2n) is 17.2. The number of likely N-dealkylation sites (N-methyl/N-ethyl adjacent to an activating group) is 1. The van der Waals surface area contributed by atoms with Gasteiger partial charge in [-0.2, -0.15) is 0 Å². The molecule has 3 fully saturated rings. The lowest BCUT2D eigenvalue weighted by atomic mass is 9.78. The molecule has 0 aromatic heterocycles. The summed E-state index contributed by atoms with van der Waals surface area (Å²) in [6, 6.07) is -0.250. The van der Waals surface area contributed by atoms with Crippen molar-refractivity contribution in [3.8, 4) is 0 Å². The number of hydrogen-bond donors (Lipinski definition) is 3. The predicted octanol–water partition coefficient (Wildman–Crippen LogP) is 3.85. The number of fused-ring (bicyclic) bond motifs is 2. The molecule has 0 aliphatic carbocycles. The standard InChI is InChI=1S/C40H69NO13/c1-15-27-40(11,46)33(44)22(5)31-20(3)18-39(10,54-31)34(53-37-30(43)26(41(12)13)17-21(4)48-37)23(6)32(24(7)36(45)50-27)52-29-19-38(9,47-14)35(25(8)49-29)51-28(42)16-2/h21-27,29-30,32-35,37,43-44,46H,15-19H2,1-14H3/t21-,22+,23+,24-,25+,26+,27-,29+,30-,32+,33-,34-,35+,37+,38-,39-,40-/m1/s1. The molecule has 2 bridgehead atoms. The summed E-state index contributed by atoms with van der Waals surface area (Å²) < 4.78 is 51.1. The molecule has 312 valence electrons. The number of methoxy groups -OCH3 is 1. The van der Waals surface area contributed by atoms with Gasteiger partial charge in [0.15, 0.2) is 18.7 Å². The largest absolute Gasteiger partial charge is 0.489 e. The number of aliphatic hydroxyl groups excluding tert-OH is 2. The van der Waals surface area contributed by atoms with Crippen molar-refractivity contribution < 1.29 is 62.8 Å². The average molecular weight is 772 g/mol. The second-order valence-corrected chi connectivity index (χ2v) is 17.2. The van der Waals surface area contributed by atoms with Crippen molar-refractivity contribution in [1.29, 1.82) is 0 Å². The summed E-state index contributed by atoms with van der Waals surface area (Å²) >= 11 is 0. The summed E-state index contributed by atoms with van der Waals surface area (Å²) in [6.45, 7) is 19.7. The van der Waals surface area contributed by atoms with Crippen LogP contribution in [0, 0.1) is 17.8 Å². The molecule has 0 aromatic rings. The van der Waals surface area contributed by atoms with E-state index >= 15 is 0 Å². The van der Waals surface area contributed by atoms with Crippen LogP contribution in [0.4, 0.5) is 0 Å². The Morgan fingerprint density at radius 3 is 2.20 bits per heavy atom. The molecular weight excluding hydrogens is 702 g/mol. The number of hydrogen-bond acceptors (Lipinski definition) is 14. The molecule has 14 heteroatoms. The quantitative estimate of drug-likeness (QED) is 0.289. The highest BCUT2D eigenvalue weighted by Gasteiger charge is 2.56. The van der Waals surface area contributed by atoms with E-state index in [1.165, 1.54) is 6.92 Å². The van der Waals surface area contributed by atoms with E-state index in [4.69, 9.17) is 37.9 Å². The van der Waals surface area contributed by atoms with Crippen LogP contribution in [0.15, 0.2) is 11.3 Å². The molecular formula is C40H69NO13. The van der Waals surface area contributed by atoms with Crippen LogP contribution in [-0.2, 0) is 47.5 Å². The van der Waals surface area contributed by atoms with E-state index in [-0.39, 0.29) is 37.4 Å². The fourth-order valence-corrected chi connectivity index (χ4v) is 9.16. The Labute approximate surface area is 322 Å². The van der Waals surface area contributed by atoms with Crippen molar-refractivity contribution in [3.63, 3.8) is 0 Å². The maximum Gasteiger partial charge on any atom is 0.311 e.